The highest BCUT2D eigenvalue weighted by Crippen LogP contribution is 2.13. The third kappa shape index (κ3) is 2.38. The fraction of sp³-hybridized carbons (Fsp3) is 0.462. The van der Waals surface area contributed by atoms with E-state index in [4.69, 9.17) is 5.73 Å². The van der Waals surface area contributed by atoms with Crippen molar-refractivity contribution in [2.45, 2.75) is 26.7 Å². The molecule has 0 radical (unpaired) electrons. The summed E-state index contributed by atoms with van der Waals surface area (Å²) in [5.41, 5.74) is 6.61. The van der Waals surface area contributed by atoms with Crippen molar-refractivity contribution in [3.05, 3.63) is 28.3 Å². The second-order valence-corrected chi connectivity index (χ2v) is 5.09. The Morgan fingerprint density at radius 1 is 1.42 bits per heavy atom. The molecule has 0 atom stereocenters. The molecule has 0 saturated heterocycles. The van der Waals surface area contributed by atoms with Crippen molar-refractivity contribution in [2.75, 3.05) is 0 Å². The number of hydrogen-bond acceptors (Lipinski definition) is 3. The van der Waals surface area contributed by atoms with Gasteiger partial charge in [-0.1, -0.05) is 13.8 Å². The predicted octanol–water partition coefficient (Wildman–Crippen LogP) is 1.25. The van der Waals surface area contributed by atoms with E-state index in [-0.39, 0.29) is 0 Å². The van der Waals surface area contributed by atoms with Crippen LogP contribution in [0.5, 0.6) is 0 Å². The van der Waals surface area contributed by atoms with Gasteiger partial charge in [0.2, 0.25) is 0 Å². The molecule has 2 rings (SSSR count). The lowest BCUT2D eigenvalue weighted by atomic mass is 10.1. The number of fused-ring (bicyclic) bond motifs is 1. The quantitative estimate of drug-likeness (QED) is 0.903. The van der Waals surface area contributed by atoms with Gasteiger partial charge in [-0.15, -0.1) is 0 Å². The molecule has 0 bridgehead atoms. The van der Waals surface area contributed by atoms with Crippen molar-refractivity contribution >= 4 is 17.2 Å². The standard InChI is InChI=1S/C13H18N4O2/c1-8(2)4-5-9-6-7-10-11(15-9)16(3)13(19)17(10)12(14)18/h6-8H,4-5H2,1-3H3,(H2,14,18). The number of aromatic nitrogens is 3. The number of rotatable bonds is 3. The lowest BCUT2D eigenvalue weighted by molar-refractivity contribution is 0.250. The van der Waals surface area contributed by atoms with E-state index in [1.54, 1.807) is 13.1 Å². The minimum atomic E-state index is -0.785. The highest BCUT2D eigenvalue weighted by molar-refractivity contribution is 5.86. The number of primary amides is 1. The van der Waals surface area contributed by atoms with Crippen LogP contribution in [0.4, 0.5) is 4.79 Å². The normalized spacial score (nSPS) is 11.4. The van der Waals surface area contributed by atoms with Crippen LogP contribution in [0.1, 0.15) is 26.0 Å². The van der Waals surface area contributed by atoms with E-state index in [0.717, 1.165) is 23.1 Å². The number of aryl methyl sites for hydroxylation is 2. The molecule has 2 aromatic rings. The van der Waals surface area contributed by atoms with Gasteiger partial charge in [-0.05, 0) is 30.9 Å². The summed E-state index contributed by atoms with van der Waals surface area (Å²) in [6.45, 7) is 4.30. The second kappa shape index (κ2) is 4.87. The molecule has 0 aliphatic rings. The SMILES string of the molecule is CC(C)CCc1ccc2c(n1)n(C)c(=O)n2C(N)=O. The Morgan fingerprint density at radius 2 is 2.11 bits per heavy atom. The van der Waals surface area contributed by atoms with Crippen LogP contribution in [0, 0.1) is 5.92 Å². The highest BCUT2D eigenvalue weighted by Gasteiger charge is 2.15. The molecule has 19 heavy (non-hydrogen) atoms. The third-order valence-electron chi connectivity index (χ3n) is 3.15. The van der Waals surface area contributed by atoms with Crippen LogP contribution in [0.25, 0.3) is 11.2 Å². The van der Waals surface area contributed by atoms with Gasteiger partial charge in [0.1, 0.15) is 0 Å². The molecule has 1 amide bonds. The topological polar surface area (TPSA) is 82.9 Å². The van der Waals surface area contributed by atoms with Crippen LogP contribution < -0.4 is 11.4 Å². The van der Waals surface area contributed by atoms with E-state index in [0.29, 0.717) is 17.1 Å². The molecule has 0 spiro atoms. The first-order valence-electron chi connectivity index (χ1n) is 6.29. The van der Waals surface area contributed by atoms with E-state index < -0.39 is 11.7 Å². The summed E-state index contributed by atoms with van der Waals surface area (Å²) in [6.07, 6.45) is 1.88. The number of nitrogens with zero attached hydrogens (tertiary/aromatic N) is 3. The first-order chi connectivity index (χ1) is 8.91. The van der Waals surface area contributed by atoms with Crippen LogP contribution in [0.15, 0.2) is 16.9 Å². The van der Waals surface area contributed by atoms with Crippen LogP contribution in [0.2, 0.25) is 0 Å². The van der Waals surface area contributed by atoms with Crippen molar-refractivity contribution in [3.63, 3.8) is 0 Å². The largest absolute Gasteiger partial charge is 0.351 e. The molecule has 0 aliphatic carbocycles. The van der Waals surface area contributed by atoms with E-state index in [1.807, 2.05) is 6.07 Å². The number of carbonyl (C=O) groups is 1. The Bertz CT molecular complexity index is 682. The minimum Gasteiger partial charge on any atom is -0.351 e. The highest BCUT2D eigenvalue weighted by atomic mass is 16.2. The summed E-state index contributed by atoms with van der Waals surface area (Å²) < 4.78 is 2.29. The molecule has 2 N–H and O–H groups in total. The van der Waals surface area contributed by atoms with Crippen LogP contribution in [-0.4, -0.2) is 20.1 Å². The summed E-state index contributed by atoms with van der Waals surface area (Å²) in [5.74, 6) is 0.594. The molecule has 0 fully saturated rings. The molecule has 6 nitrogen and oxygen atoms in total. The van der Waals surface area contributed by atoms with Gasteiger partial charge in [-0.3, -0.25) is 4.57 Å². The second-order valence-electron chi connectivity index (χ2n) is 5.09. The molecular weight excluding hydrogens is 244 g/mol. The van der Waals surface area contributed by atoms with Crippen molar-refractivity contribution in [1.29, 1.82) is 0 Å². The number of nitrogens with two attached hydrogens (primary N) is 1. The Labute approximate surface area is 110 Å². The summed E-state index contributed by atoms with van der Waals surface area (Å²) in [5, 5.41) is 0. The smallest absolute Gasteiger partial charge is 0.338 e. The van der Waals surface area contributed by atoms with Crippen LogP contribution in [0.3, 0.4) is 0 Å². The fourth-order valence-electron chi connectivity index (χ4n) is 2.03. The van der Waals surface area contributed by atoms with E-state index in [1.165, 1.54) is 4.57 Å². The van der Waals surface area contributed by atoms with Crippen molar-refractivity contribution in [3.8, 4) is 0 Å². The number of imidazole rings is 1. The van der Waals surface area contributed by atoms with E-state index in [2.05, 4.69) is 18.8 Å². The number of carbonyl (C=O) groups excluding carboxylic acids is 1. The van der Waals surface area contributed by atoms with Crippen LogP contribution >= 0.6 is 0 Å². The summed E-state index contributed by atoms with van der Waals surface area (Å²) in [7, 11) is 1.59. The lowest BCUT2D eigenvalue weighted by Gasteiger charge is -2.04. The Balaban J connectivity index is 2.53. The zero-order valence-corrected chi connectivity index (χ0v) is 11.4. The van der Waals surface area contributed by atoms with Gasteiger partial charge in [0, 0.05) is 12.7 Å². The molecule has 2 heterocycles. The van der Waals surface area contributed by atoms with Crippen LogP contribution in [-0.2, 0) is 13.5 Å². The first-order valence-corrected chi connectivity index (χ1v) is 6.29. The monoisotopic (exact) mass is 262 g/mol. The zero-order chi connectivity index (χ0) is 14.2. The number of amides is 1. The summed E-state index contributed by atoms with van der Waals surface area (Å²) >= 11 is 0. The molecule has 2 aromatic heterocycles. The minimum absolute atomic E-state index is 0.452. The maximum Gasteiger partial charge on any atom is 0.338 e. The van der Waals surface area contributed by atoms with Gasteiger partial charge in [-0.25, -0.2) is 19.1 Å². The Hall–Kier alpha value is -2.11. The number of pyridine rings is 1. The predicted molar refractivity (Wildman–Crippen MR) is 73.1 cm³/mol. The van der Waals surface area contributed by atoms with E-state index >= 15 is 0 Å². The zero-order valence-electron chi connectivity index (χ0n) is 11.4. The molecule has 102 valence electrons. The molecule has 6 heteroatoms. The summed E-state index contributed by atoms with van der Waals surface area (Å²) in [6, 6.07) is 2.78. The summed E-state index contributed by atoms with van der Waals surface area (Å²) in [4.78, 5) is 27.6. The first kappa shape index (κ1) is 13.3. The molecule has 0 aliphatic heterocycles. The van der Waals surface area contributed by atoms with Gasteiger partial charge in [-0.2, -0.15) is 0 Å². The van der Waals surface area contributed by atoms with Gasteiger partial charge in [0.05, 0.1) is 5.52 Å². The van der Waals surface area contributed by atoms with Gasteiger partial charge in [0.25, 0.3) is 0 Å². The average molecular weight is 262 g/mol. The Kier molecular flexibility index (Phi) is 3.42. The van der Waals surface area contributed by atoms with Crippen molar-refractivity contribution in [1.82, 2.24) is 14.1 Å². The van der Waals surface area contributed by atoms with E-state index in [9.17, 15) is 9.59 Å². The van der Waals surface area contributed by atoms with Crippen molar-refractivity contribution in [2.24, 2.45) is 18.7 Å². The lowest BCUT2D eigenvalue weighted by Crippen LogP contribution is -2.32. The molecular formula is C13H18N4O2. The average Bonchev–Trinajstić information content (AvgIpc) is 2.59. The molecule has 0 aromatic carbocycles. The van der Waals surface area contributed by atoms with Gasteiger partial charge in [0.15, 0.2) is 5.65 Å². The maximum absolute atomic E-state index is 11.9. The Morgan fingerprint density at radius 3 is 2.68 bits per heavy atom. The molecule has 0 unspecified atom stereocenters. The number of hydrogen-bond donors (Lipinski definition) is 1. The third-order valence-corrected chi connectivity index (χ3v) is 3.15. The van der Waals surface area contributed by atoms with Gasteiger partial charge < -0.3 is 5.73 Å². The van der Waals surface area contributed by atoms with Crippen molar-refractivity contribution < 1.29 is 4.79 Å². The molecule has 0 saturated carbocycles. The van der Waals surface area contributed by atoms with Gasteiger partial charge >= 0.3 is 11.7 Å². The fourth-order valence-corrected chi connectivity index (χ4v) is 2.03. The maximum atomic E-state index is 11.9.